The zero-order valence-corrected chi connectivity index (χ0v) is 16.1. The van der Waals surface area contributed by atoms with E-state index in [1.54, 1.807) is 0 Å². The van der Waals surface area contributed by atoms with E-state index in [1.807, 2.05) is 55.5 Å². The van der Waals surface area contributed by atoms with E-state index in [-0.39, 0.29) is 37.2 Å². The minimum Gasteiger partial charge on any atom is -0.456 e. The van der Waals surface area contributed by atoms with E-state index in [0.717, 1.165) is 24.8 Å². The first-order valence-electron chi connectivity index (χ1n) is 9.68. The van der Waals surface area contributed by atoms with Crippen molar-refractivity contribution >= 4 is 17.7 Å². The van der Waals surface area contributed by atoms with Crippen LogP contribution < -0.4 is 5.32 Å². The van der Waals surface area contributed by atoms with Crippen LogP contribution in [-0.2, 0) is 27.2 Å². The highest BCUT2D eigenvalue weighted by Gasteiger charge is 2.16. The standard InChI is InChI=1S/C23H25NO4/c1-16(17-6-3-2-4-7-17)24-22(26)15-28-23(27)13-12-21(25)20-11-10-18-8-5-9-19(18)14-20/h2-4,6-7,10-11,14,16H,5,8-9,12-13,15H2,1H3,(H,24,26)/t16-/m0/s1. The lowest BCUT2D eigenvalue weighted by molar-refractivity contribution is -0.148. The van der Waals surface area contributed by atoms with Gasteiger partial charge < -0.3 is 10.1 Å². The highest BCUT2D eigenvalue weighted by molar-refractivity contribution is 5.98. The number of hydrogen-bond acceptors (Lipinski definition) is 4. The molecule has 146 valence electrons. The Hall–Kier alpha value is -2.95. The van der Waals surface area contributed by atoms with Crippen LogP contribution in [0.4, 0.5) is 0 Å². The second-order valence-electron chi connectivity index (χ2n) is 7.12. The number of aryl methyl sites for hydroxylation is 2. The summed E-state index contributed by atoms with van der Waals surface area (Å²) < 4.78 is 5.00. The normalized spacial score (nSPS) is 13.5. The maximum atomic E-state index is 12.3. The molecular weight excluding hydrogens is 354 g/mol. The van der Waals surface area contributed by atoms with Crippen molar-refractivity contribution in [3.8, 4) is 0 Å². The minimum absolute atomic E-state index is 0.0303. The summed E-state index contributed by atoms with van der Waals surface area (Å²) in [6.07, 6.45) is 3.26. The summed E-state index contributed by atoms with van der Waals surface area (Å²) in [5.41, 5.74) is 4.16. The molecule has 0 bridgehead atoms. The van der Waals surface area contributed by atoms with Crippen LogP contribution in [0.15, 0.2) is 48.5 Å². The van der Waals surface area contributed by atoms with Gasteiger partial charge in [-0.25, -0.2) is 0 Å². The first kappa shape index (κ1) is 19.8. The molecule has 2 aromatic rings. The summed E-state index contributed by atoms with van der Waals surface area (Å²) in [6.45, 7) is 1.52. The number of amides is 1. The van der Waals surface area contributed by atoms with Crippen LogP contribution in [0.25, 0.3) is 0 Å². The van der Waals surface area contributed by atoms with Crippen molar-refractivity contribution in [2.24, 2.45) is 0 Å². The summed E-state index contributed by atoms with van der Waals surface area (Å²) in [4.78, 5) is 36.1. The van der Waals surface area contributed by atoms with E-state index in [0.29, 0.717) is 5.56 Å². The molecule has 1 aliphatic carbocycles. The van der Waals surface area contributed by atoms with Gasteiger partial charge in [-0.3, -0.25) is 14.4 Å². The molecular formula is C23H25NO4. The van der Waals surface area contributed by atoms with Gasteiger partial charge in [-0.15, -0.1) is 0 Å². The zero-order chi connectivity index (χ0) is 19.9. The number of esters is 1. The lowest BCUT2D eigenvalue weighted by atomic mass is 10.0. The molecule has 1 N–H and O–H groups in total. The molecule has 2 aromatic carbocycles. The van der Waals surface area contributed by atoms with Gasteiger partial charge in [0.15, 0.2) is 12.4 Å². The fraction of sp³-hybridized carbons (Fsp3) is 0.348. The van der Waals surface area contributed by atoms with Crippen molar-refractivity contribution in [3.05, 3.63) is 70.8 Å². The van der Waals surface area contributed by atoms with Crippen molar-refractivity contribution < 1.29 is 19.1 Å². The molecule has 0 heterocycles. The maximum Gasteiger partial charge on any atom is 0.306 e. The molecule has 1 atom stereocenters. The Labute approximate surface area is 165 Å². The number of ketones is 1. The quantitative estimate of drug-likeness (QED) is 0.562. The third-order valence-corrected chi connectivity index (χ3v) is 5.02. The van der Waals surface area contributed by atoms with E-state index >= 15 is 0 Å². The number of rotatable bonds is 8. The number of ether oxygens (including phenoxy) is 1. The fourth-order valence-electron chi connectivity index (χ4n) is 3.43. The molecule has 0 unspecified atom stereocenters. The number of Topliss-reactive ketones (excluding diaryl/α,β-unsaturated/α-hetero) is 1. The smallest absolute Gasteiger partial charge is 0.306 e. The Balaban J connectivity index is 1.39. The van der Waals surface area contributed by atoms with Gasteiger partial charge in [-0.2, -0.15) is 0 Å². The summed E-state index contributed by atoms with van der Waals surface area (Å²) in [5, 5.41) is 2.78. The molecule has 0 spiro atoms. The average molecular weight is 379 g/mol. The van der Waals surface area contributed by atoms with Gasteiger partial charge in [0, 0.05) is 12.0 Å². The van der Waals surface area contributed by atoms with Crippen molar-refractivity contribution in [1.29, 1.82) is 0 Å². The summed E-state index contributed by atoms with van der Waals surface area (Å²) in [5.74, 6) is -0.986. The monoisotopic (exact) mass is 379 g/mol. The molecule has 5 nitrogen and oxygen atoms in total. The van der Waals surface area contributed by atoms with Crippen LogP contribution in [0.1, 0.15) is 59.3 Å². The molecule has 1 aliphatic rings. The summed E-state index contributed by atoms with van der Waals surface area (Å²) >= 11 is 0. The molecule has 0 aromatic heterocycles. The largest absolute Gasteiger partial charge is 0.456 e. The van der Waals surface area contributed by atoms with Gasteiger partial charge in [0.05, 0.1) is 12.5 Å². The Kier molecular flexibility index (Phi) is 6.58. The number of benzene rings is 2. The van der Waals surface area contributed by atoms with Crippen LogP contribution in [0.5, 0.6) is 0 Å². The Morgan fingerprint density at radius 1 is 1.00 bits per heavy atom. The minimum atomic E-state index is -0.544. The number of carbonyl (C=O) groups is 3. The van der Waals surface area contributed by atoms with Crippen molar-refractivity contribution in [2.45, 2.75) is 45.1 Å². The van der Waals surface area contributed by atoms with Crippen LogP contribution in [-0.4, -0.2) is 24.3 Å². The maximum absolute atomic E-state index is 12.3. The first-order valence-corrected chi connectivity index (χ1v) is 9.68. The predicted octanol–water partition coefficient (Wildman–Crippen LogP) is 3.56. The van der Waals surface area contributed by atoms with E-state index in [2.05, 4.69) is 5.32 Å². The van der Waals surface area contributed by atoms with Gasteiger partial charge in [-0.05, 0) is 48.9 Å². The van der Waals surface area contributed by atoms with Crippen molar-refractivity contribution in [2.75, 3.05) is 6.61 Å². The highest BCUT2D eigenvalue weighted by Crippen LogP contribution is 2.23. The Bertz CT molecular complexity index is 860. The van der Waals surface area contributed by atoms with Crippen LogP contribution in [0.2, 0.25) is 0 Å². The van der Waals surface area contributed by atoms with Gasteiger partial charge in [0.2, 0.25) is 0 Å². The molecule has 28 heavy (non-hydrogen) atoms. The molecule has 0 fully saturated rings. The number of fused-ring (bicyclic) bond motifs is 1. The van der Waals surface area contributed by atoms with E-state index in [4.69, 9.17) is 4.74 Å². The highest BCUT2D eigenvalue weighted by atomic mass is 16.5. The van der Waals surface area contributed by atoms with E-state index in [1.165, 1.54) is 11.1 Å². The second kappa shape index (κ2) is 9.31. The van der Waals surface area contributed by atoms with Crippen LogP contribution >= 0.6 is 0 Å². The SMILES string of the molecule is C[C@H](NC(=O)COC(=O)CCC(=O)c1ccc2c(c1)CCC2)c1ccccc1. The third kappa shape index (κ3) is 5.28. The van der Waals surface area contributed by atoms with Crippen LogP contribution in [0.3, 0.4) is 0 Å². The van der Waals surface area contributed by atoms with E-state index < -0.39 is 5.97 Å². The van der Waals surface area contributed by atoms with E-state index in [9.17, 15) is 14.4 Å². The van der Waals surface area contributed by atoms with Gasteiger partial charge >= 0.3 is 5.97 Å². The molecule has 5 heteroatoms. The zero-order valence-electron chi connectivity index (χ0n) is 16.1. The van der Waals surface area contributed by atoms with Crippen molar-refractivity contribution in [1.82, 2.24) is 5.32 Å². The summed E-state index contributed by atoms with van der Waals surface area (Å²) in [7, 11) is 0. The predicted molar refractivity (Wildman–Crippen MR) is 106 cm³/mol. The van der Waals surface area contributed by atoms with Gasteiger partial charge in [0.1, 0.15) is 0 Å². The first-order chi connectivity index (χ1) is 13.5. The third-order valence-electron chi connectivity index (χ3n) is 5.02. The summed E-state index contributed by atoms with van der Waals surface area (Å²) in [6, 6.07) is 15.1. The molecule has 0 aliphatic heterocycles. The lowest BCUT2D eigenvalue weighted by Crippen LogP contribution is -2.31. The van der Waals surface area contributed by atoms with Gasteiger partial charge in [-0.1, -0.05) is 42.5 Å². The van der Waals surface area contributed by atoms with Gasteiger partial charge in [0.25, 0.3) is 5.91 Å². The molecule has 0 saturated heterocycles. The fourth-order valence-corrected chi connectivity index (χ4v) is 3.43. The molecule has 0 saturated carbocycles. The van der Waals surface area contributed by atoms with Crippen molar-refractivity contribution in [3.63, 3.8) is 0 Å². The molecule has 3 rings (SSSR count). The van der Waals surface area contributed by atoms with Crippen LogP contribution in [0, 0.1) is 0 Å². The number of nitrogens with one attached hydrogen (secondary N) is 1. The Morgan fingerprint density at radius 3 is 2.54 bits per heavy atom. The molecule has 1 amide bonds. The molecule has 0 radical (unpaired) electrons. The lowest BCUT2D eigenvalue weighted by Gasteiger charge is -2.14. The second-order valence-corrected chi connectivity index (χ2v) is 7.12. The number of hydrogen-bond donors (Lipinski definition) is 1. The topological polar surface area (TPSA) is 72.5 Å². The average Bonchev–Trinajstić information content (AvgIpc) is 3.19. The Morgan fingerprint density at radius 2 is 1.75 bits per heavy atom. The number of carbonyl (C=O) groups excluding carboxylic acids is 3.